The van der Waals surface area contributed by atoms with Gasteiger partial charge in [-0.2, -0.15) is 5.10 Å². The molecule has 0 fully saturated rings. The molecule has 1 aromatic carbocycles. The number of carbonyl (C=O) groups is 1. The number of aromatic nitrogens is 2. The van der Waals surface area contributed by atoms with Gasteiger partial charge in [0.1, 0.15) is 0 Å². The molecule has 0 aliphatic rings. The molecule has 1 heterocycles. The van der Waals surface area contributed by atoms with Gasteiger partial charge in [0.2, 0.25) is 5.91 Å². The van der Waals surface area contributed by atoms with Gasteiger partial charge in [0, 0.05) is 38.0 Å². The Labute approximate surface area is 138 Å². The molecule has 23 heavy (non-hydrogen) atoms. The highest BCUT2D eigenvalue weighted by Gasteiger charge is 2.10. The molecule has 0 saturated heterocycles. The molecule has 2 rings (SSSR count). The molecule has 1 aromatic heterocycles. The van der Waals surface area contributed by atoms with Crippen LogP contribution >= 0.6 is 0 Å². The zero-order valence-corrected chi connectivity index (χ0v) is 14.8. The summed E-state index contributed by atoms with van der Waals surface area (Å²) in [5.41, 5.74) is 6.64. The Balaban J connectivity index is 2.09. The summed E-state index contributed by atoms with van der Waals surface area (Å²) in [7, 11) is 3.74. The lowest BCUT2D eigenvalue weighted by molar-refractivity contribution is -0.125. The van der Waals surface area contributed by atoms with E-state index in [9.17, 15) is 4.79 Å². The number of hydrogen-bond donors (Lipinski definition) is 0. The second kappa shape index (κ2) is 6.82. The summed E-state index contributed by atoms with van der Waals surface area (Å²) >= 11 is 0. The zero-order valence-electron chi connectivity index (χ0n) is 14.8. The highest BCUT2D eigenvalue weighted by molar-refractivity contribution is 5.91. The summed E-state index contributed by atoms with van der Waals surface area (Å²) in [4.78, 5) is 14.1. The number of carbonyl (C=O) groups excluding carboxylic acids is 1. The summed E-state index contributed by atoms with van der Waals surface area (Å²) in [6, 6.07) is 6.32. The van der Waals surface area contributed by atoms with Crippen LogP contribution < -0.4 is 0 Å². The molecule has 4 nitrogen and oxygen atoms in total. The van der Waals surface area contributed by atoms with Crippen LogP contribution in [0.1, 0.15) is 33.6 Å². The number of likely N-dealkylation sites (N-methyl/N-ethyl adjacent to an activating group) is 1. The molecule has 4 heteroatoms. The topological polar surface area (TPSA) is 38.1 Å². The molecular formula is C19H25N3O. The highest BCUT2D eigenvalue weighted by atomic mass is 16.2. The average Bonchev–Trinajstić information content (AvgIpc) is 2.72. The predicted octanol–water partition coefficient (Wildman–Crippen LogP) is 3.33. The minimum Gasteiger partial charge on any atom is -0.338 e. The van der Waals surface area contributed by atoms with Crippen molar-refractivity contribution in [2.75, 3.05) is 7.05 Å². The lowest BCUT2D eigenvalue weighted by Crippen LogP contribution is -2.24. The lowest BCUT2D eigenvalue weighted by atomic mass is 10.1. The van der Waals surface area contributed by atoms with Crippen LogP contribution in [-0.2, 0) is 18.4 Å². The van der Waals surface area contributed by atoms with Crippen molar-refractivity contribution in [1.82, 2.24) is 14.7 Å². The summed E-state index contributed by atoms with van der Waals surface area (Å²) < 4.78 is 1.83. The number of rotatable bonds is 4. The van der Waals surface area contributed by atoms with Crippen molar-refractivity contribution in [3.63, 3.8) is 0 Å². The van der Waals surface area contributed by atoms with E-state index in [1.54, 1.807) is 11.0 Å². The molecule has 0 unspecified atom stereocenters. The molecule has 0 N–H and O–H groups in total. The molecular weight excluding hydrogens is 286 g/mol. The maximum atomic E-state index is 12.3. The first-order valence-electron chi connectivity index (χ1n) is 7.79. The fourth-order valence-corrected chi connectivity index (χ4v) is 2.67. The third-order valence-corrected chi connectivity index (χ3v) is 4.24. The van der Waals surface area contributed by atoms with Gasteiger partial charge in [0.15, 0.2) is 0 Å². The Morgan fingerprint density at radius 1 is 1.26 bits per heavy atom. The van der Waals surface area contributed by atoms with Gasteiger partial charge >= 0.3 is 0 Å². The Bertz CT molecular complexity index is 756. The standard InChI is InChI=1S/C19H25N3O/c1-13-7-8-17(14(2)11-13)12-21(5)19(23)10-9-18-15(3)20-22(6)16(18)4/h7-11H,12H2,1-6H3/b10-9+. The largest absolute Gasteiger partial charge is 0.338 e. The van der Waals surface area contributed by atoms with Gasteiger partial charge in [0.25, 0.3) is 0 Å². The first-order chi connectivity index (χ1) is 10.8. The quantitative estimate of drug-likeness (QED) is 0.812. The van der Waals surface area contributed by atoms with Gasteiger partial charge < -0.3 is 4.90 Å². The first-order valence-corrected chi connectivity index (χ1v) is 7.79. The predicted molar refractivity (Wildman–Crippen MR) is 94.1 cm³/mol. The maximum Gasteiger partial charge on any atom is 0.246 e. The maximum absolute atomic E-state index is 12.3. The third kappa shape index (κ3) is 3.89. The van der Waals surface area contributed by atoms with Crippen molar-refractivity contribution in [3.8, 4) is 0 Å². The van der Waals surface area contributed by atoms with Crippen molar-refractivity contribution in [2.24, 2.45) is 7.05 Å². The minimum absolute atomic E-state index is 0.00683. The van der Waals surface area contributed by atoms with E-state index in [1.807, 2.05) is 38.7 Å². The number of aryl methyl sites for hydroxylation is 4. The summed E-state index contributed by atoms with van der Waals surface area (Å²) in [5, 5.41) is 4.36. The molecule has 0 spiro atoms. The smallest absolute Gasteiger partial charge is 0.246 e. The fraction of sp³-hybridized carbons (Fsp3) is 0.368. The molecule has 0 radical (unpaired) electrons. The summed E-state index contributed by atoms with van der Waals surface area (Å²) in [6.07, 6.45) is 3.49. The van der Waals surface area contributed by atoms with Gasteiger partial charge in [-0.1, -0.05) is 23.8 Å². The van der Waals surface area contributed by atoms with E-state index >= 15 is 0 Å². The van der Waals surface area contributed by atoms with Crippen molar-refractivity contribution in [2.45, 2.75) is 34.2 Å². The number of amides is 1. The second-order valence-electron chi connectivity index (χ2n) is 6.17. The van der Waals surface area contributed by atoms with Crippen LogP contribution in [0.2, 0.25) is 0 Å². The Morgan fingerprint density at radius 2 is 1.96 bits per heavy atom. The van der Waals surface area contributed by atoms with Crippen molar-refractivity contribution in [3.05, 3.63) is 57.9 Å². The Morgan fingerprint density at radius 3 is 2.52 bits per heavy atom. The van der Waals surface area contributed by atoms with Crippen LogP contribution in [0.4, 0.5) is 0 Å². The Kier molecular flexibility index (Phi) is 5.04. The molecule has 0 aliphatic heterocycles. The van der Waals surface area contributed by atoms with E-state index in [0.29, 0.717) is 6.54 Å². The third-order valence-electron chi connectivity index (χ3n) is 4.24. The van der Waals surface area contributed by atoms with Crippen molar-refractivity contribution in [1.29, 1.82) is 0 Å². The second-order valence-corrected chi connectivity index (χ2v) is 6.17. The fourth-order valence-electron chi connectivity index (χ4n) is 2.67. The molecule has 0 atom stereocenters. The van der Waals surface area contributed by atoms with Crippen molar-refractivity contribution < 1.29 is 4.79 Å². The molecule has 0 aliphatic carbocycles. The van der Waals surface area contributed by atoms with Gasteiger partial charge in [0.05, 0.1) is 5.69 Å². The first kappa shape index (κ1) is 17.0. The molecule has 1 amide bonds. The molecule has 0 bridgehead atoms. The van der Waals surface area contributed by atoms with E-state index in [4.69, 9.17) is 0 Å². The van der Waals surface area contributed by atoms with Crippen LogP contribution in [0, 0.1) is 27.7 Å². The monoisotopic (exact) mass is 311 g/mol. The normalized spacial score (nSPS) is 11.2. The summed E-state index contributed by atoms with van der Waals surface area (Å²) in [5.74, 6) is -0.00683. The molecule has 2 aromatic rings. The lowest BCUT2D eigenvalue weighted by Gasteiger charge is -2.17. The number of hydrogen-bond acceptors (Lipinski definition) is 2. The zero-order chi connectivity index (χ0) is 17.1. The number of benzene rings is 1. The van der Waals surface area contributed by atoms with E-state index in [0.717, 1.165) is 17.0 Å². The van der Waals surface area contributed by atoms with Crippen LogP contribution in [0.3, 0.4) is 0 Å². The van der Waals surface area contributed by atoms with Crippen LogP contribution in [-0.4, -0.2) is 27.6 Å². The van der Waals surface area contributed by atoms with Crippen LogP contribution in [0.15, 0.2) is 24.3 Å². The minimum atomic E-state index is -0.00683. The van der Waals surface area contributed by atoms with Gasteiger partial charge in [-0.3, -0.25) is 9.48 Å². The summed E-state index contributed by atoms with van der Waals surface area (Å²) in [6.45, 7) is 8.73. The Hall–Kier alpha value is -2.36. The van der Waals surface area contributed by atoms with E-state index in [-0.39, 0.29) is 5.91 Å². The van der Waals surface area contributed by atoms with Crippen LogP contribution in [0.5, 0.6) is 0 Å². The van der Waals surface area contributed by atoms with Gasteiger partial charge in [-0.25, -0.2) is 0 Å². The van der Waals surface area contributed by atoms with E-state index in [2.05, 4.69) is 37.1 Å². The number of nitrogens with zero attached hydrogens (tertiary/aromatic N) is 3. The van der Waals surface area contributed by atoms with Gasteiger partial charge in [-0.05, 0) is 44.9 Å². The SMILES string of the molecule is Cc1ccc(CN(C)C(=O)/C=C/c2c(C)nn(C)c2C)c(C)c1. The van der Waals surface area contributed by atoms with Gasteiger partial charge in [-0.15, -0.1) is 0 Å². The van der Waals surface area contributed by atoms with E-state index in [1.165, 1.54) is 16.7 Å². The highest BCUT2D eigenvalue weighted by Crippen LogP contribution is 2.15. The average molecular weight is 311 g/mol. The molecule has 0 saturated carbocycles. The van der Waals surface area contributed by atoms with Crippen LogP contribution in [0.25, 0.3) is 6.08 Å². The van der Waals surface area contributed by atoms with E-state index < -0.39 is 0 Å². The molecule has 122 valence electrons. The van der Waals surface area contributed by atoms with Crippen molar-refractivity contribution >= 4 is 12.0 Å².